The molecule has 4 aromatic rings. The second kappa shape index (κ2) is 10.3. The number of halogens is 4. The summed E-state index contributed by atoms with van der Waals surface area (Å²) in [5.41, 5.74) is 2.74. The van der Waals surface area contributed by atoms with Crippen LogP contribution in [0.5, 0.6) is 0 Å². The summed E-state index contributed by atoms with van der Waals surface area (Å²) in [6, 6.07) is 23.6. The van der Waals surface area contributed by atoms with Gasteiger partial charge < -0.3 is 10.6 Å². The van der Waals surface area contributed by atoms with Crippen LogP contribution in [0.25, 0.3) is 0 Å². The molecule has 0 saturated heterocycles. The Labute approximate surface area is 217 Å². The van der Waals surface area contributed by atoms with E-state index in [2.05, 4.69) is 15.7 Å². The van der Waals surface area contributed by atoms with Crippen molar-refractivity contribution in [3.05, 3.63) is 118 Å². The fourth-order valence-electron chi connectivity index (χ4n) is 4.73. The van der Waals surface area contributed by atoms with E-state index in [1.165, 1.54) is 6.20 Å². The van der Waals surface area contributed by atoms with Gasteiger partial charge in [-0.05, 0) is 28.8 Å². The van der Waals surface area contributed by atoms with E-state index in [4.69, 9.17) is 11.6 Å². The Morgan fingerprint density at radius 1 is 1.00 bits per heavy atom. The normalized spacial score (nSPS) is 17.2. The van der Waals surface area contributed by atoms with E-state index >= 15 is 0 Å². The Balaban J connectivity index is 1.42. The van der Waals surface area contributed by atoms with Crippen LogP contribution >= 0.6 is 11.6 Å². The van der Waals surface area contributed by atoms with E-state index in [9.17, 15) is 18.0 Å². The number of carbonyl (C=O) groups is 1. The van der Waals surface area contributed by atoms with Gasteiger partial charge >= 0.3 is 6.18 Å². The van der Waals surface area contributed by atoms with Crippen LogP contribution in [0.2, 0.25) is 5.02 Å². The van der Waals surface area contributed by atoms with Crippen molar-refractivity contribution in [3.8, 4) is 0 Å². The van der Waals surface area contributed by atoms with Crippen LogP contribution in [-0.2, 0) is 0 Å². The largest absolute Gasteiger partial charge is 0.410 e. The lowest BCUT2D eigenvalue weighted by Crippen LogP contribution is -2.36. The maximum Gasteiger partial charge on any atom is 0.410 e. The molecule has 9 heteroatoms. The molecule has 2 heterocycles. The molecule has 0 saturated carbocycles. The lowest BCUT2D eigenvalue weighted by Gasteiger charge is -2.34. The zero-order valence-corrected chi connectivity index (χ0v) is 20.4. The summed E-state index contributed by atoms with van der Waals surface area (Å²) in [5.74, 6) is -0.583. The standard InChI is InChI=1S/C28H24ClF3N4O/c29-21-13-11-20(12-14-21)24-15-25(28(30,31)32)36-26(35-24)23(17-34-36)27(37)33-16-22(18-7-3-1-4-8-18)19-9-5-2-6-10-19/h1-14,17,22,24-25,35H,15-16H2,(H,33,37). The Morgan fingerprint density at radius 2 is 1.59 bits per heavy atom. The molecule has 2 atom stereocenters. The minimum atomic E-state index is -4.53. The number of fused-ring (bicyclic) bond motifs is 1. The second-order valence-electron chi connectivity index (χ2n) is 8.98. The van der Waals surface area contributed by atoms with Gasteiger partial charge in [0.25, 0.3) is 5.91 Å². The number of hydrogen-bond donors (Lipinski definition) is 2. The Kier molecular flexibility index (Phi) is 6.93. The van der Waals surface area contributed by atoms with Gasteiger partial charge in [-0.25, -0.2) is 4.68 Å². The number of nitrogens with one attached hydrogen (secondary N) is 2. The highest BCUT2D eigenvalue weighted by atomic mass is 35.5. The molecule has 3 aromatic carbocycles. The highest BCUT2D eigenvalue weighted by molar-refractivity contribution is 6.30. The third-order valence-corrected chi connectivity index (χ3v) is 6.88. The number of amides is 1. The first kappa shape index (κ1) is 24.9. The maximum absolute atomic E-state index is 14.0. The molecule has 1 aromatic heterocycles. The van der Waals surface area contributed by atoms with Crippen molar-refractivity contribution in [1.82, 2.24) is 15.1 Å². The Bertz CT molecular complexity index is 1320. The Hall–Kier alpha value is -3.78. The molecular formula is C28H24ClF3N4O. The summed E-state index contributed by atoms with van der Waals surface area (Å²) >= 11 is 5.96. The highest BCUT2D eigenvalue weighted by Gasteiger charge is 2.47. The number of anilines is 1. The van der Waals surface area contributed by atoms with Gasteiger partial charge in [0.05, 0.1) is 12.2 Å². The van der Waals surface area contributed by atoms with Crippen LogP contribution in [0.3, 0.4) is 0 Å². The lowest BCUT2D eigenvalue weighted by molar-refractivity contribution is -0.173. The zero-order valence-electron chi connectivity index (χ0n) is 19.6. The monoisotopic (exact) mass is 524 g/mol. The Morgan fingerprint density at radius 3 is 2.16 bits per heavy atom. The molecule has 2 unspecified atom stereocenters. The van der Waals surface area contributed by atoms with E-state index in [0.717, 1.165) is 15.8 Å². The number of carbonyl (C=O) groups excluding carboxylic acids is 1. The first-order chi connectivity index (χ1) is 17.8. The van der Waals surface area contributed by atoms with Crippen molar-refractivity contribution in [2.75, 3.05) is 11.9 Å². The first-order valence-corrected chi connectivity index (χ1v) is 12.2. The summed E-state index contributed by atoms with van der Waals surface area (Å²) in [4.78, 5) is 13.3. The van der Waals surface area contributed by atoms with Crippen LogP contribution in [0.4, 0.5) is 19.0 Å². The molecule has 0 fully saturated rings. The molecule has 1 aliphatic heterocycles. The van der Waals surface area contributed by atoms with E-state index in [0.29, 0.717) is 10.6 Å². The number of hydrogen-bond acceptors (Lipinski definition) is 3. The van der Waals surface area contributed by atoms with Crippen molar-refractivity contribution in [2.45, 2.75) is 30.6 Å². The van der Waals surface area contributed by atoms with Gasteiger partial charge in [-0.1, -0.05) is 84.4 Å². The quantitative estimate of drug-likeness (QED) is 0.293. The van der Waals surface area contributed by atoms with Crippen LogP contribution in [0.15, 0.2) is 91.1 Å². The average Bonchev–Trinajstić information content (AvgIpc) is 3.33. The van der Waals surface area contributed by atoms with Gasteiger partial charge in [-0.15, -0.1) is 0 Å². The third-order valence-electron chi connectivity index (χ3n) is 6.63. The number of aromatic nitrogens is 2. The van der Waals surface area contributed by atoms with Crippen molar-refractivity contribution in [2.24, 2.45) is 0 Å². The van der Waals surface area contributed by atoms with Crippen LogP contribution < -0.4 is 10.6 Å². The maximum atomic E-state index is 14.0. The van der Waals surface area contributed by atoms with E-state index in [1.807, 2.05) is 60.7 Å². The van der Waals surface area contributed by atoms with Gasteiger partial charge in [0.1, 0.15) is 11.4 Å². The molecule has 0 bridgehead atoms. The summed E-state index contributed by atoms with van der Waals surface area (Å²) in [5, 5.41) is 10.5. The molecule has 190 valence electrons. The van der Waals surface area contributed by atoms with Gasteiger partial charge in [0.15, 0.2) is 6.04 Å². The van der Waals surface area contributed by atoms with E-state index in [1.54, 1.807) is 24.3 Å². The van der Waals surface area contributed by atoms with Crippen molar-refractivity contribution in [1.29, 1.82) is 0 Å². The topological polar surface area (TPSA) is 59.0 Å². The fourth-order valence-corrected chi connectivity index (χ4v) is 4.86. The van der Waals surface area contributed by atoms with Crippen molar-refractivity contribution in [3.63, 3.8) is 0 Å². The minimum absolute atomic E-state index is 0.0435. The predicted molar refractivity (Wildman–Crippen MR) is 137 cm³/mol. The van der Waals surface area contributed by atoms with Gasteiger partial charge in [0.2, 0.25) is 0 Å². The summed E-state index contributed by atoms with van der Waals surface area (Å²) < 4.78 is 42.9. The fraction of sp³-hybridized carbons (Fsp3) is 0.214. The number of rotatable bonds is 6. The molecule has 5 nitrogen and oxygen atoms in total. The molecule has 2 N–H and O–H groups in total. The minimum Gasteiger partial charge on any atom is -0.363 e. The highest BCUT2D eigenvalue weighted by Crippen LogP contribution is 2.44. The molecule has 0 radical (unpaired) electrons. The molecule has 0 spiro atoms. The molecular weight excluding hydrogens is 501 g/mol. The summed E-state index contributed by atoms with van der Waals surface area (Å²) in [7, 11) is 0. The second-order valence-corrected chi connectivity index (χ2v) is 9.41. The number of alkyl halides is 3. The smallest absolute Gasteiger partial charge is 0.363 e. The van der Waals surface area contributed by atoms with Gasteiger partial charge in [0, 0.05) is 23.9 Å². The van der Waals surface area contributed by atoms with E-state index in [-0.39, 0.29) is 30.3 Å². The summed E-state index contributed by atoms with van der Waals surface area (Å²) in [6.07, 6.45) is -3.60. The molecule has 1 amide bonds. The average molecular weight is 525 g/mol. The molecule has 5 rings (SSSR count). The lowest BCUT2D eigenvalue weighted by atomic mass is 9.91. The van der Waals surface area contributed by atoms with E-state index < -0.39 is 24.2 Å². The van der Waals surface area contributed by atoms with Crippen molar-refractivity contribution >= 4 is 23.3 Å². The molecule has 0 aliphatic carbocycles. The van der Waals surface area contributed by atoms with Gasteiger partial charge in [-0.2, -0.15) is 18.3 Å². The van der Waals surface area contributed by atoms with Crippen LogP contribution in [0, 0.1) is 0 Å². The predicted octanol–water partition coefficient (Wildman–Crippen LogP) is 6.76. The summed E-state index contributed by atoms with van der Waals surface area (Å²) in [6.45, 7) is 0.265. The first-order valence-electron chi connectivity index (χ1n) is 11.9. The molecule has 1 aliphatic rings. The van der Waals surface area contributed by atoms with Crippen LogP contribution in [-0.4, -0.2) is 28.4 Å². The molecule has 37 heavy (non-hydrogen) atoms. The SMILES string of the molecule is O=C(NCC(c1ccccc1)c1ccccc1)c1cnn2c1NC(c1ccc(Cl)cc1)CC2C(F)(F)F. The third kappa shape index (κ3) is 5.34. The van der Waals surface area contributed by atoms with Gasteiger partial charge in [-0.3, -0.25) is 4.79 Å². The zero-order chi connectivity index (χ0) is 26.0. The number of nitrogens with zero attached hydrogens (tertiary/aromatic N) is 2. The van der Waals surface area contributed by atoms with Crippen LogP contribution in [0.1, 0.15) is 51.5 Å². The van der Waals surface area contributed by atoms with Crippen molar-refractivity contribution < 1.29 is 18.0 Å². The number of benzene rings is 3.